The van der Waals surface area contributed by atoms with Crippen LogP contribution in [0.5, 0.6) is 0 Å². The van der Waals surface area contributed by atoms with Gasteiger partial charge in [0.05, 0.1) is 5.38 Å². The third kappa shape index (κ3) is 2.46. The average molecular weight is 334 g/mol. The number of nitrogens with zero attached hydrogens (tertiary/aromatic N) is 3. The van der Waals surface area contributed by atoms with Crippen LogP contribution in [-0.4, -0.2) is 41.0 Å². The number of fused-ring (bicyclic) bond motifs is 3. The van der Waals surface area contributed by atoms with Crippen molar-refractivity contribution in [2.75, 3.05) is 30.3 Å². The number of nitrogens with one attached hydrogen (secondary N) is 1. The van der Waals surface area contributed by atoms with E-state index >= 15 is 0 Å². The van der Waals surface area contributed by atoms with E-state index in [1.807, 2.05) is 6.08 Å². The summed E-state index contributed by atoms with van der Waals surface area (Å²) in [5.74, 6) is 1.26. The molecule has 1 saturated heterocycles. The van der Waals surface area contributed by atoms with Crippen LogP contribution in [0.3, 0.4) is 0 Å². The molecule has 3 N–H and O–H groups in total. The van der Waals surface area contributed by atoms with Crippen LogP contribution in [-0.2, 0) is 0 Å². The largest absolute Gasteiger partial charge is 0.451 e. The Hall–Kier alpha value is -1.79. The Morgan fingerprint density at radius 2 is 2.17 bits per heavy atom. The van der Waals surface area contributed by atoms with Crippen molar-refractivity contribution in [1.82, 2.24) is 15.3 Å². The van der Waals surface area contributed by atoms with Gasteiger partial charge in [-0.3, -0.25) is 0 Å². The van der Waals surface area contributed by atoms with Gasteiger partial charge in [-0.1, -0.05) is 13.0 Å². The van der Waals surface area contributed by atoms with E-state index in [1.165, 1.54) is 0 Å². The van der Waals surface area contributed by atoms with Crippen molar-refractivity contribution in [3.05, 3.63) is 10.6 Å². The Morgan fingerprint density at radius 1 is 1.35 bits per heavy atom. The highest BCUT2D eigenvalue weighted by Crippen LogP contribution is 2.25. The number of rotatable bonds is 1. The van der Waals surface area contributed by atoms with Crippen LogP contribution >= 0.6 is 11.6 Å². The zero-order valence-electron chi connectivity index (χ0n) is 13.2. The summed E-state index contributed by atoms with van der Waals surface area (Å²) in [5, 5.41) is 4.29. The molecule has 0 radical (unpaired) electrons. The first-order valence-corrected chi connectivity index (χ1v) is 8.38. The molecule has 2 aromatic heterocycles. The SMILES string of the molecule is CC1C=c2oc3c(N4CCN[C@@H](C)C4)nc(N)nc3c2=CC1Cl. The van der Waals surface area contributed by atoms with Gasteiger partial charge in [0.25, 0.3) is 0 Å². The molecule has 4 rings (SSSR count). The molecule has 6 nitrogen and oxygen atoms in total. The van der Waals surface area contributed by atoms with E-state index in [-0.39, 0.29) is 17.2 Å². The number of hydrogen-bond acceptors (Lipinski definition) is 6. The van der Waals surface area contributed by atoms with Crippen molar-refractivity contribution in [1.29, 1.82) is 0 Å². The molecule has 0 aromatic carbocycles. The van der Waals surface area contributed by atoms with Gasteiger partial charge < -0.3 is 20.4 Å². The molecule has 1 fully saturated rings. The summed E-state index contributed by atoms with van der Waals surface area (Å²) in [6.07, 6.45) is 4.05. The highest BCUT2D eigenvalue weighted by Gasteiger charge is 2.24. The number of halogens is 1. The average Bonchev–Trinajstić information content (AvgIpc) is 2.84. The molecule has 2 aliphatic rings. The van der Waals surface area contributed by atoms with E-state index in [2.05, 4.69) is 40.1 Å². The first-order valence-electron chi connectivity index (χ1n) is 7.95. The summed E-state index contributed by atoms with van der Waals surface area (Å²) >= 11 is 6.38. The fraction of sp³-hybridized carbons (Fsp3) is 0.500. The summed E-state index contributed by atoms with van der Waals surface area (Å²) < 4.78 is 6.10. The molecule has 0 bridgehead atoms. The monoisotopic (exact) mass is 333 g/mol. The van der Waals surface area contributed by atoms with E-state index in [4.69, 9.17) is 21.8 Å². The van der Waals surface area contributed by atoms with Crippen molar-refractivity contribution in [2.24, 2.45) is 5.92 Å². The Labute approximate surface area is 139 Å². The predicted molar refractivity (Wildman–Crippen MR) is 92.9 cm³/mol. The molecule has 3 heterocycles. The van der Waals surface area contributed by atoms with Gasteiger partial charge in [-0.05, 0) is 18.9 Å². The number of anilines is 2. The maximum atomic E-state index is 6.38. The molecule has 23 heavy (non-hydrogen) atoms. The van der Waals surface area contributed by atoms with Crippen molar-refractivity contribution < 1.29 is 4.42 Å². The van der Waals surface area contributed by atoms with Gasteiger partial charge in [-0.15, -0.1) is 11.6 Å². The Kier molecular flexibility index (Phi) is 3.46. The van der Waals surface area contributed by atoms with Crippen LogP contribution < -0.4 is 26.6 Å². The summed E-state index contributed by atoms with van der Waals surface area (Å²) in [6, 6.07) is 0.393. The number of piperazine rings is 1. The van der Waals surface area contributed by atoms with Crippen molar-refractivity contribution in [2.45, 2.75) is 25.3 Å². The Bertz CT molecular complexity index is 877. The zero-order chi connectivity index (χ0) is 16.1. The molecule has 1 aliphatic carbocycles. The van der Waals surface area contributed by atoms with Crippen LogP contribution in [0.25, 0.3) is 23.3 Å². The number of alkyl halides is 1. The molecule has 3 atom stereocenters. The predicted octanol–water partition coefficient (Wildman–Crippen LogP) is 0.421. The molecule has 2 aromatic rings. The zero-order valence-corrected chi connectivity index (χ0v) is 14.0. The molecule has 2 unspecified atom stereocenters. The first-order chi connectivity index (χ1) is 11.0. The lowest BCUT2D eigenvalue weighted by molar-refractivity contribution is 0.480. The molecule has 0 spiro atoms. The van der Waals surface area contributed by atoms with Crippen LogP contribution in [0.15, 0.2) is 4.42 Å². The van der Waals surface area contributed by atoms with E-state index in [0.29, 0.717) is 11.6 Å². The van der Waals surface area contributed by atoms with Gasteiger partial charge in [0.2, 0.25) is 5.95 Å². The lowest BCUT2D eigenvalue weighted by Crippen LogP contribution is -2.49. The maximum absolute atomic E-state index is 6.38. The number of aromatic nitrogens is 2. The Balaban J connectivity index is 1.95. The van der Waals surface area contributed by atoms with E-state index in [1.54, 1.807) is 0 Å². The second-order valence-corrected chi connectivity index (χ2v) is 6.91. The minimum atomic E-state index is -0.0675. The number of hydrogen-bond donors (Lipinski definition) is 2. The van der Waals surface area contributed by atoms with Gasteiger partial charge in [-0.2, -0.15) is 4.98 Å². The molecular weight excluding hydrogens is 314 g/mol. The molecule has 7 heteroatoms. The van der Waals surface area contributed by atoms with Crippen LogP contribution in [0.4, 0.5) is 11.8 Å². The second kappa shape index (κ2) is 5.39. The molecule has 0 saturated carbocycles. The fourth-order valence-corrected chi connectivity index (χ4v) is 3.48. The highest BCUT2D eigenvalue weighted by atomic mass is 35.5. The van der Waals surface area contributed by atoms with E-state index < -0.39 is 0 Å². The van der Waals surface area contributed by atoms with E-state index in [9.17, 15) is 0 Å². The fourth-order valence-electron chi connectivity index (χ4n) is 3.28. The van der Waals surface area contributed by atoms with Gasteiger partial charge in [-0.25, -0.2) is 4.98 Å². The summed E-state index contributed by atoms with van der Waals surface area (Å²) in [7, 11) is 0. The minimum absolute atomic E-state index is 0.0675. The second-order valence-electron chi connectivity index (χ2n) is 6.40. The van der Waals surface area contributed by atoms with Crippen molar-refractivity contribution >= 4 is 46.6 Å². The summed E-state index contributed by atoms with van der Waals surface area (Å²) in [4.78, 5) is 11.1. The van der Waals surface area contributed by atoms with Crippen molar-refractivity contribution in [3.63, 3.8) is 0 Å². The number of furan rings is 1. The third-order valence-corrected chi connectivity index (χ3v) is 5.03. The first kappa shape index (κ1) is 14.8. The lowest BCUT2D eigenvalue weighted by Gasteiger charge is -2.32. The van der Waals surface area contributed by atoms with Gasteiger partial charge in [0.15, 0.2) is 11.4 Å². The molecule has 0 amide bonds. The summed E-state index contributed by atoms with van der Waals surface area (Å²) in [5.41, 5.74) is 8.22. The standard InChI is InChI=1S/C16H20ClN5O/c1-8-5-12-10(6-11(8)17)13-14(23-12)15(21-16(18)20-13)22-4-3-19-9(2)7-22/h5-6,8-9,11,19H,3-4,7H2,1-2H3,(H2,18,20,21)/t8?,9-,11?/m0/s1. The third-order valence-electron chi connectivity index (χ3n) is 4.51. The maximum Gasteiger partial charge on any atom is 0.222 e. The molecule has 1 aliphatic heterocycles. The van der Waals surface area contributed by atoms with Gasteiger partial charge >= 0.3 is 0 Å². The highest BCUT2D eigenvalue weighted by molar-refractivity contribution is 6.24. The van der Waals surface area contributed by atoms with Crippen molar-refractivity contribution in [3.8, 4) is 0 Å². The minimum Gasteiger partial charge on any atom is -0.451 e. The Morgan fingerprint density at radius 3 is 2.96 bits per heavy atom. The van der Waals surface area contributed by atoms with Gasteiger partial charge in [0, 0.05) is 30.9 Å². The topological polar surface area (TPSA) is 80.2 Å². The number of nitrogen functional groups attached to an aromatic ring is 1. The van der Waals surface area contributed by atoms with Crippen LogP contribution in [0.1, 0.15) is 13.8 Å². The van der Waals surface area contributed by atoms with Crippen LogP contribution in [0, 0.1) is 5.92 Å². The smallest absolute Gasteiger partial charge is 0.222 e. The normalized spacial score (nSPS) is 27.4. The quantitative estimate of drug-likeness (QED) is 0.736. The molecule has 122 valence electrons. The molecular formula is C16H20ClN5O. The van der Waals surface area contributed by atoms with E-state index in [0.717, 1.165) is 41.6 Å². The van der Waals surface area contributed by atoms with Crippen LogP contribution in [0.2, 0.25) is 0 Å². The number of nitrogens with two attached hydrogens (primary N) is 1. The lowest BCUT2D eigenvalue weighted by atomic mass is 10.0. The van der Waals surface area contributed by atoms with Gasteiger partial charge in [0.1, 0.15) is 10.9 Å². The summed E-state index contributed by atoms with van der Waals surface area (Å²) in [6.45, 7) is 6.86.